The molecule has 0 unspecified atom stereocenters. The van der Waals surface area contributed by atoms with Crippen LogP contribution in [0.5, 0.6) is 0 Å². The highest BCUT2D eigenvalue weighted by Gasteiger charge is 2.16. The molecule has 2 N–H and O–H groups in total. The van der Waals surface area contributed by atoms with Crippen LogP contribution in [0.1, 0.15) is 0 Å². The molecule has 0 aromatic carbocycles. The third-order valence-electron chi connectivity index (χ3n) is 2.41. The van der Waals surface area contributed by atoms with Gasteiger partial charge in [0.1, 0.15) is 6.20 Å². The van der Waals surface area contributed by atoms with Crippen LogP contribution in [0.3, 0.4) is 0 Å². The van der Waals surface area contributed by atoms with Crippen LogP contribution < -0.4 is 10.6 Å². The molecule has 20 heavy (non-hydrogen) atoms. The Morgan fingerprint density at radius 3 is 2.80 bits per heavy atom. The molecule has 0 saturated heterocycles. The SMILES string of the molecule is CNc1ncc([N+](=O)[O-])c(NCCOCCN(C)C)n1. The Hall–Kier alpha value is -2.00. The molecule has 0 atom stereocenters. The van der Waals surface area contributed by atoms with Gasteiger partial charge in [-0.3, -0.25) is 10.1 Å². The topological polar surface area (TPSA) is 105 Å². The minimum absolute atomic E-state index is 0.155. The van der Waals surface area contributed by atoms with E-state index in [9.17, 15) is 10.1 Å². The van der Waals surface area contributed by atoms with Gasteiger partial charge in [0.2, 0.25) is 11.8 Å². The van der Waals surface area contributed by atoms with Gasteiger partial charge in [0.05, 0.1) is 18.1 Å². The van der Waals surface area contributed by atoms with E-state index in [4.69, 9.17) is 4.74 Å². The summed E-state index contributed by atoms with van der Waals surface area (Å²) in [5.74, 6) is 0.511. The van der Waals surface area contributed by atoms with Gasteiger partial charge in [-0.25, -0.2) is 4.98 Å². The van der Waals surface area contributed by atoms with Crippen molar-refractivity contribution >= 4 is 17.5 Å². The van der Waals surface area contributed by atoms with E-state index < -0.39 is 4.92 Å². The van der Waals surface area contributed by atoms with Crippen molar-refractivity contribution in [2.75, 3.05) is 58.1 Å². The number of anilines is 2. The molecule has 1 aromatic heterocycles. The molecular formula is C11H20N6O3. The quantitative estimate of drug-likeness (QED) is 0.382. The Kier molecular flexibility index (Phi) is 6.60. The molecule has 0 aliphatic heterocycles. The molecular weight excluding hydrogens is 264 g/mol. The number of nitro groups is 1. The second kappa shape index (κ2) is 8.23. The molecule has 9 nitrogen and oxygen atoms in total. The van der Waals surface area contributed by atoms with E-state index in [1.54, 1.807) is 7.05 Å². The zero-order chi connectivity index (χ0) is 15.0. The first-order valence-corrected chi connectivity index (χ1v) is 6.20. The van der Waals surface area contributed by atoms with Crippen molar-refractivity contribution in [3.05, 3.63) is 16.3 Å². The maximum absolute atomic E-state index is 10.9. The first-order chi connectivity index (χ1) is 9.54. The molecule has 1 rings (SSSR count). The van der Waals surface area contributed by atoms with Crippen LogP contribution in [0, 0.1) is 10.1 Å². The minimum Gasteiger partial charge on any atom is -0.378 e. The molecule has 0 bridgehead atoms. The Balaban J connectivity index is 2.47. The van der Waals surface area contributed by atoms with E-state index >= 15 is 0 Å². The maximum Gasteiger partial charge on any atom is 0.329 e. The summed E-state index contributed by atoms with van der Waals surface area (Å²) in [5, 5.41) is 16.5. The number of ether oxygens (including phenoxy) is 1. The van der Waals surface area contributed by atoms with Gasteiger partial charge in [0.25, 0.3) is 0 Å². The van der Waals surface area contributed by atoms with Crippen molar-refractivity contribution in [1.29, 1.82) is 0 Å². The molecule has 0 aliphatic rings. The standard InChI is InChI=1S/C11H20N6O3/c1-12-11-14-8-9(17(18)19)10(15-11)13-4-6-20-7-5-16(2)3/h8H,4-7H2,1-3H3,(H2,12,13,14,15). The van der Waals surface area contributed by atoms with E-state index in [0.29, 0.717) is 25.7 Å². The molecule has 112 valence electrons. The normalized spacial score (nSPS) is 10.6. The minimum atomic E-state index is -0.519. The fourth-order valence-corrected chi connectivity index (χ4v) is 1.35. The number of aromatic nitrogens is 2. The second-order valence-corrected chi connectivity index (χ2v) is 4.28. The zero-order valence-corrected chi connectivity index (χ0v) is 11.9. The summed E-state index contributed by atoms with van der Waals surface area (Å²) in [5.41, 5.74) is -0.155. The summed E-state index contributed by atoms with van der Waals surface area (Å²) >= 11 is 0. The number of hydrogen-bond donors (Lipinski definition) is 2. The summed E-state index contributed by atoms with van der Waals surface area (Å²) in [7, 11) is 5.57. The van der Waals surface area contributed by atoms with Gasteiger partial charge in [-0.15, -0.1) is 0 Å². The highest BCUT2D eigenvalue weighted by molar-refractivity contribution is 5.56. The van der Waals surface area contributed by atoms with Gasteiger partial charge in [0.15, 0.2) is 0 Å². The van der Waals surface area contributed by atoms with Crippen molar-refractivity contribution in [3.63, 3.8) is 0 Å². The first kappa shape index (κ1) is 16.1. The van der Waals surface area contributed by atoms with E-state index in [1.165, 1.54) is 6.20 Å². The predicted molar refractivity (Wildman–Crippen MR) is 76.1 cm³/mol. The van der Waals surface area contributed by atoms with Crippen LogP contribution >= 0.6 is 0 Å². The van der Waals surface area contributed by atoms with Gasteiger partial charge in [0, 0.05) is 20.1 Å². The van der Waals surface area contributed by atoms with Crippen molar-refractivity contribution in [3.8, 4) is 0 Å². The number of likely N-dealkylation sites (N-methyl/N-ethyl adjacent to an activating group) is 1. The van der Waals surface area contributed by atoms with Gasteiger partial charge < -0.3 is 20.3 Å². The second-order valence-electron chi connectivity index (χ2n) is 4.28. The summed E-state index contributed by atoms with van der Waals surface area (Å²) in [4.78, 5) is 20.2. The summed E-state index contributed by atoms with van der Waals surface area (Å²) in [6.45, 7) is 2.33. The average Bonchev–Trinajstić information content (AvgIpc) is 2.41. The smallest absolute Gasteiger partial charge is 0.329 e. The van der Waals surface area contributed by atoms with Crippen molar-refractivity contribution in [2.24, 2.45) is 0 Å². The third-order valence-corrected chi connectivity index (χ3v) is 2.41. The molecule has 0 amide bonds. The monoisotopic (exact) mass is 284 g/mol. The predicted octanol–water partition coefficient (Wildman–Crippen LogP) is 0.417. The Bertz CT molecular complexity index is 440. The van der Waals surface area contributed by atoms with Crippen molar-refractivity contribution in [2.45, 2.75) is 0 Å². The van der Waals surface area contributed by atoms with Gasteiger partial charge in [-0.1, -0.05) is 0 Å². The summed E-state index contributed by atoms with van der Waals surface area (Å²) in [6, 6.07) is 0. The van der Waals surface area contributed by atoms with Gasteiger partial charge in [-0.2, -0.15) is 4.98 Å². The van der Waals surface area contributed by atoms with E-state index in [2.05, 4.69) is 20.6 Å². The fraction of sp³-hybridized carbons (Fsp3) is 0.636. The highest BCUT2D eigenvalue weighted by atomic mass is 16.6. The van der Waals surface area contributed by atoms with Crippen LogP contribution in [-0.2, 0) is 4.74 Å². The molecule has 1 aromatic rings. The Morgan fingerprint density at radius 2 is 2.20 bits per heavy atom. The summed E-state index contributed by atoms with van der Waals surface area (Å²) < 4.78 is 5.39. The number of nitrogens with zero attached hydrogens (tertiary/aromatic N) is 4. The van der Waals surface area contributed by atoms with Crippen molar-refractivity contribution in [1.82, 2.24) is 14.9 Å². The van der Waals surface area contributed by atoms with Crippen LogP contribution in [0.15, 0.2) is 6.20 Å². The zero-order valence-electron chi connectivity index (χ0n) is 11.9. The average molecular weight is 284 g/mol. The highest BCUT2D eigenvalue weighted by Crippen LogP contribution is 2.21. The lowest BCUT2D eigenvalue weighted by molar-refractivity contribution is -0.384. The van der Waals surface area contributed by atoms with Crippen LogP contribution in [-0.4, -0.2) is 67.2 Å². The van der Waals surface area contributed by atoms with Crippen LogP contribution in [0.25, 0.3) is 0 Å². The number of hydrogen-bond acceptors (Lipinski definition) is 8. The molecule has 0 saturated carbocycles. The Labute approximate surface area is 117 Å². The lowest BCUT2D eigenvalue weighted by Crippen LogP contribution is -2.20. The van der Waals surface area contributed by atoms with E-state index in [-0.39, 0.29) is 11.5 Å². The van der Waals surface area contributed by atoms with E-state index in [1.807, 2.05) is 19.0 Å². The Morgan fingerprint density at radius 1 is 1.45 bits per heavy atom. The van der Waals surface area contributed by atoms with E-state index in [0.717, 1.165) is 6.54 Å². The van der Waals surface area contributed by atoms with Gasteiger partial charge >= 0.3 is 5.69 Å². The summed E-state index contributed by atoms with van der Waals surface area (Å²) in [6.07, 6.45) is 1.17. The molecule has 0 spiro atoms. The lowest BCUT2D eigenvalue weighted by Gasteiger charge is -2.10. The molecule has 9 heteroatoms. The molecule has 1 heterocycles. The van der Waals surface area contributed by atoms with Crippen molar-refractivity contribution < 1.29 is 9.66 Å². The first-order valence-electron chi connectivity index (χ1n) is 6.20. The fourth-order valence-electron chi connectivity index (χ4n) is 1.35. The third kappa shape index (κ3) is 5.33. The lowest BCUT2D eigenvalue weighted by atomic mass is 10.4. The maximum atomic E-state index is 10.9. The van der Waals surface area contributed by atoms with Gasteiger partial charge in [-0.05, 0) is 14.1 Å². The number of rotatable bonds is 9. The molecule has 0 fully saturated rings. The largest absolute Gasteiger partial charge is 0.378 e. The van der Waals surface area contributed by atoms with Crippen LogP contribution in [0.2, 0.25) is 0 Å². The van der Waals surface area contributed by atoms with Crippen LogP contribution in [0.4, 0.5) is 17.5 Å². The number of nitrogens with one attached hydrogen (secondary N) is 2. The molecule has 0 radical (unpaired) electrons. The molecule has 0 aliphatic carbocycles.